The summed E-state index contributed by atoms with van der Waals surface area (Å²) >= 11 is 8.14. The number of sulfonamides is 1. The van der Waals surface area contributed by atoms with E-state index in [-0.39, 0.29) is 5.75 Å². The number of nitrogens with one attached hydrogen (secondary N) is 1. The van der Waals surface area contributed by atoms with Crippen molar-refractivity contribution in [3.63, 3.8) is 0 Å². The van der Waals surface area contributed by atoms with Gasteiger partial charge in [-0.2, -0.15) is 5.10 Å². The van der Waals surface area contributed by atoms with E-state index in [9.17, 15) is 8.42 Å². The predicted octanol–water partition coefficient (Wildman–Crippen LogP) is 7.92. The van der Waals surface area contributed by atoms with Crippen LogP contribution in [0.3, 0.4) is 0 Å². The van der Waals surface area contributed by atoms with E-state index >= 15 is 0 Å². The normalized spacial score (nSPS) is 14.2. The standard InChI is InChI=1S/C32H43ClN6O3S2/c1-7-10-11-12-13-14-19-44(40,41)37-24-15-17-28(42-6)26(20-24)31-27(21-25-16-18-29(43-25)38(8-2)9-3)34-32(35-31)39-23(5)30(33)22(4)36-39/h15-18,20-21,37H,7-14,19H2,1-6H3/b27-21-. The highest BCUT2D eigenvalue weighted by Crippen LogP contribution is 2.33. The SMILES string of the molecule is CCCCCCCCS(=O)(=O)Nc1ccc(OC)c(C2=NC(n3nc(C)c(Cl)c3C)=N/C2=C\c2ccc(N(CC)CC)s2)c1. The predicted molar refractivity (Wildman–Crippen MR) is 186 cm³/mol. The molecule has 9 nitrogen and oxygen atoms in total. The summed E-state index contributed by atoms with van der Waals surface area (Å²) in [6.45, 7) is 12.0. The fourth-order valence-corrected chi connectivity index (χ4v) is 7.44. The molecule has 3 heterocycles. The molecular weight excluding hydrogens is 616 g/mol. The van der Waals surface area contributed by atoms with Crippen molar-refractivity contribution in [3.8, 4) is 5.75 Å². The highest BCUT2D eigenvalue weighted by molar-refractivity contribution is 7.92. The van der Waals surface area contributed by atoms with Crippen molar-refractivity contribution in [2.75, 3.05) is 35.6 Å². The number of aryl methyl sites for hydroxylation is 1. The average Bonchev–Trinajstić information content (AvgIpc) is 3.70. The van der Waals surface area contributed by atoms with Gasteiger partial charge in [0, 0.05) is 29.2 Å². The van der Waals surface area contributed by atoms with Crippen molar-refractivity contribution in [2.24, 2.45) is 9.98 Å². The molecule has 1 aromatic carbocycles. The quantitative estimate of drug-likeness (QED) is 0.167. The van der Waals surface area contributed by atoms with Gasteiger partial charge in [-0.1, -0.05) is 50.6 Å². The van der Waals surface area contributed by atoms with Crippen molar-refractivity contribution in [2.45, 2.75) is 73.1 Å². The molecule has 4 rings (SSSR count). The maximum absolute atomic E-state index is 13.0. The fourth-order valence-electron chi connectivity index (χ4n) is 5.07. The van der Waals surface area contributed by atoms with Crippen LogP contribution in [0.4, 0.5) is 10.7 Å². The van der Waals surface area contributed by atoms with E-state index in [0.29, 0.717) is 51.5 Å². The lowest BCUT2D eigenvalue weighted by atomic mass is 10.0. The molecule has 0 fully saturated rings. The molecule has 0 unspecified atom stereocenters. The van der Waals surface area contributed by atoms with Gasteiger partial charge >= 0.3 is 0 Å². The summed E-state index contributed by atoms with van der Waals surface area (Å²) in [5.74, 6) is 0.993. The van der Waals surface area contributed by atoms with E-state index in [4.69, 9.17) is 26.3 Å². The molecule has 0 saturated heterocycles. The van der Waals surface area contributed by atoms with Crippen molar-refractivity contribution >= 4 is 61.4 Å². The molecule has 0 radical (unpaired) electrons. The third-order valence-electron chi connectivity index (χ3n) is 7.53. The first-order chi connectivity index (χ1) is 21.1. The molecule has 0 saturated carbocycles. The van der Waals surface area contributed by atoms with Crippen LogP contribution in [0, 0.1) is 13.8 Å². The summed E-state index contributed by atoms with van der Waals surface area (Å²) in [7, 11) is -1.95. The summed E-state index contributed by atoms with van der Waals surface area (Å²) in [5, 5.41) is 6.30. The van der Waals surface area contributed by atoms with Crippen LogP contribution in [0.5, 0.6) is 5.75 Å². The number of thiophene rings is 1. The Bertz CT molecular complexity index is 1650. The summed E-state index contributed by atoms with van der Waals surface area (Å²) < 4.78 is 36.0. The van der Waals surface area contributed by atoms with Crippen molar-refractivity contribution < 1.29 is 13.2 Å². The molecule has 0 amide bonds. The van der Waals surface area contributed by atoms with Crippen LogP contribution in [-0.2, 0) is 10.0 Å². The number of allylic oxidation sites excluding steroid dienone is 1. The number of anilines is 2. The zero-order valence-corrected chi connectivity index (χ0v) is 28.9. The van der Waals surface area contributed by atoms with Crippen LogP contribution < -0.4 is 14.4 Å². The van der Waals surface area contributed by atoms with Crippen LogP contribution >= 0.6 is 22.9 Å². The summed E-state index contributed by atoms with van der Waals surface area (Å²) in [4.78, 5) is 13.1. The smallest absolute Gasteiger partial charge is 0.252 e. The number of aromatic nitrogens is 2. The molecule has 1 aliphatic heterocycles. The highest BCUT2D eigenvalue weighted by Gasteiger charge is 2.26. The first-order valence-corrected chi connectivity index (χ1v) is 18.1. The molecule has 1 aliphatic rings. The van der Waals surface area contributed by atoms with Crippen LogP contribution in [0.15, 0.2) is 46.0 Å². The van der Waals surface area contributed by atoms with Gasteiger partial charge in [0.05, 0.1) is 40.0 Å². The van der Waals surface area contributed by atoms with Crippen LogP contribution in [-0.4, -0.2) is 55.8 Å². The molecule has 1 N–H and O–H groups in total. The molecule has 0 spiro atoms. The van der Waals surface area contributed by atoms with Crippen molar-refractivity contribution in [3.05, 3.63) is 62.9 Å². The average molecular weight is 659 g/mol. The topological polar surface area (TPSA) is 101 Å². The Kier molecular flexibility index (Phi) is 11.7. The van der Waals surface area contributed by atoms with Gasteiger partial charge in [0.2, 0.25) is 10.0 Å². The Balaban J connectivity index is 1.70. The third kappa shape index (κ3) is 8.11. The Morgan fingerprint density at radius 3 is 2.41 bits per heavy atom. The second-order valence-corrected chi connectivity index (χ2v) is 14.1. The van der Waals surface area contributed by atoms with Crippen LogP contribution in [0.25, 0.3) is 6.08 Å². The molecule has 238 valence electrons. The number of halogens is 1. The molecule has 0 aliphatic carbocycles. The Hall–Kier alpha value is -3.15. The number of ether oxygens (including phenoxy) is 1. The third-order valence-corrected chi connectivity index (χ3v) is 10.5. The van der Waals surface area contributed by atoms with E-state index in [2.05, 4.69) is 47.6 Å². The van der Waals surface area contributed by atoms with E-state index in [1.165, 1.54) is 11.4 Å². The molecule has 2 aromatic heterocycles. The summed E-state index contributed by atoms with van der Waals surface area (Å²) in [5.41, 5.74) is 3.64. The number of hydrogen-bond acceptors (Lipinski definition) is 8. The van der Waals surface area contributed by atoms with Crippen molar-refractivity contribution in [1.29, 1.82) is 0 Å². The van der Waals surface area contributed by atoms with Gasteiger partial charge in [0.25, 0.3) is 5.96 Å². The van der Waals surface area contributed by atoms with Crippen LogP contribution in [0.2, 0.25) is 5.02 Å². The number of unbranched alkanes of at least 4 members (excludes halogenated alkanes) is 5. The lowest BCUT2D eigenvalue weighted by Crippen LogP contribution is -2.20. The first kappa shape index (κ1) is 33.7. The highest BCUT2D eigenvalue weighted by atomic mass is 35.5. The number of nitrogens with zero attached hydrogens (tertiary/aromatic N) is 5. The minimum atomic E-state index is -3.53. The number of rotatable bonds is 15. The molecule has 3 aromatic rings. The van der Waals surface area contributed by atoms with Gasteiger partial charge in [-0.25, -0.2) is 23.1 Å². The van der Waals surface area contributed by atoms with Gasteiger partial charge < -0.3 is 9.64 Å². The number of hydrogen-bond donors (Lipinski definition) is 1. The largest absolute Gasteiger partial charge is 0.496 e. The fraction of sp³-hybridized carbons (Fsp3) is 0.469. The van der Waals surface area contributed by atoms with E-state index in [1.54, 1.807) is 41.3 Å². The van der Waals surface area contributed by atoms with Gasteiger partial charge in [-0.3, -0.25) is 4.72 Å². The molecular formula is C32H43ClN6O3S2. The second kappa shape index (κ2) is 15.2. The minimum absolute atomic E-state index is 0.0752. The van der Waals surface area contributed by atoms with Gasteiger partial charge in [-0.05, 0) is 70.5 Å². The van der Waals surface area contributed by atoms with Crippen molar-refractivity contribution in [1.82, 2.24) is 9.78 Å². The Morgan fingerprint density at radius 2 is 1.75 bits per heavy atom. The Labute approximate surface area is 270 Å². The molecule has 44 heavy (non-hydrogen) atoms. The lowest BCUT2D eigenvalue weighted by Gasteiger charge is -2.17. The van der Waals surface area contributed by atoms with Gasteiger partial charge in [0.15, 0.2) is 0 Å². The number of methoxy groups -OCH3 is 1. The molecule has 0 atom stereocenters. The minimum Gasteiger partial charge on any atom is -0.496 e. The zero-order chi connectivity index (χ0) is 31.9. The number of benzene rings is 1. The van der Waals surface area contributed by atoms with Gasteiger partial charge in [-0.15, -0.1) is 11.3 Å². The lowest BCUT2D eigenvalue weighted by molar-refractivity contribution is 0.414. The van der Waals surface area contributed by atoms with E-state index in [1.807, 2.05) is 19.9 Å². The Morgan fingerprint density at radius 1 is 1.02 bits per heavy atom. The zero-order valence-electron chi connectivity index (χ0n) is 26.5. The van der Waals surface area contributed by atoms with Gasteiger partial charge in [0.1, 0.15) is 11.5 Å². The molecule has 12 heteroatoms. The van der Waals surface area contributed by atoms with E-state index in [0.717, 1.165) is 49.3 Å². The first-order valence-electron chi connectivity index (χ1n) is 15.3. The second-order valence-electron chi connectivity index (χ2n) is 10.8. The van der Waals surface area contributed by atoms with E-state index < -0.39 is 10.0 Å². The molecule has 0 bridgehead atoms. The summed E-state index contributed by atoms with van der Waals surface area (Å²) in [6, 6.07) is 9.40. The maximum atomic E-state index is 13.0. The van der Waals surface area contributed by atoms with Crippen LogP contribution in [0.1, 0.15) is 81.1 Å². The monoisotopic (exact) mass is 658 g/mol. The summed E-state index contributed by atoms with van der Waals surface area (Å²) in [6.07, 6.45) is 8.05. The maximum Gasteiger partial charge on any atom is 0.252 e. The number of aliphatic imine (C=N–C) groups is 2.